The van der Waals surface area contributed by atoms with Crippen molar-refractivity contribution in [3.8, 4) is 5.88 Å². The summed E-state index contributed by atoms with van der Waals surface area (Å²) in [5.74, 6) is -2.20. The summed E-state index contributed by atoms with van der Waals surface area (Å²) in [6, 6.07) is 5.51. The van der Waals surface area contributed by atoms with Gasteiger partial charge in [0.15, 0.2) is 0 Å². The number of hydrogen-bond donors (Lipinski definition) is 3. The van der Waals surface area contributed by atoms with Crippen LogP contribution in [0.25, 0.3) is 11.0 Å². The Morgan fingerprint density at radius 1 is 0.912 bits per heavy atom. The molecule has 7 atom stereocenters. The van der Waals surface area contributed by atoms with E-state index in [-0.39, 0.29) is 37.3 Å². The first kappa shape index (κ1) is 39.3. The van der Waals surface area contributed by atoms with Crippen LogP contribution in [0.3, 0.4) is 0 Å². The van der Waals surface area contributed by atoms with Gasteiger partial charge in [0.2, 0.25) is 27.7 Å². The number of sulfonamides is 1. The maximum absolute atomic E-state index is 14.9. The summed E-state index contributed by atoms with van der Waals surface area (Å²) in [7, 11) is -3.95. The minimum Gasteiger partial charge on any atom is -0.471 e. The lowest BCUT2D eigenvalue weighted by Gasteiger charge is -2.36. The van der Waals surface area contributed by atoms with Gasteiger partial charge in [-0.05, 0) is 94.6 Å². The fourth-order valence-electron chi connectivity index (χ4n) is 9.72. The maximum Gasteiger partial charge on any atom is 0.408 e. The van der Waals surface area contributed by atoms with E-state index in [9.17, 15) is 27.6 Å². The van der Waals surface area contributed by atoms with Crippen LogP contribution in [0.1, 0.15) is 102 Å². The van der Waals surface area contributed by atoms with Gasteiger partial charge >= 0.3 is 6.09 Å². The third-order valence-corrected chi connectivity index (χ3v) is 14.9. The van der Waals surface area contributed by atoms with Crippen molar-refractivity contribution >= 4 is 44.9 Å². The predicted octanol–water partition coefficient (Wildman–Crippen LogP) is 4.77. The number of para-hydroxylation sites is 2. The predicted molar refractivity (Wildman–Crippen MR) is 211 cm³/mol. The number of benzene rings is 1. The Kier molecular flexibility index (Phi) is 11.3. The van der Waals surface area contributed by atoms with Crippen LogP contribution in [-0.2, 0) is 35.6 Å². The molecule has 3 saturated carbocycles. The van der Waals surface area contributed by atoms with Crippen LogP contribution < -0.4 is 20.1 Å². The van der Waals surface area contributed by atoms with E-state index in [1.807, 2.05) is 24.3 Å². The smallest absolute Gasteiger partial charge is 0.408 e. The summed E-state index contributed by atoms with van der Waals surface area (Å²) in [5.41, 5.74) is 0.422. The second kappa shape index (κ2) is 16.4. The summed E-state index contributed by atoms with van der Waals surface area (Å²) in [6.07, 6.45) is 14.8. The highest BCUT2D eigenvalue weighted by Gasteiger charge is 2.53. The first-order chi connectivity index (χ1) is 27.5. The minimum atomic E-state index is -3.95. The largest absolute Gasteiger partial charge is 0.471 e. The molecule has 6 aliphatic rings. The fourth-order valence-corrected chi connectivity index (χ4v) is 11.1. The number of amides is 4. The molecule has 1 unspecified atom stereocenters. The molecule has 4 fully saturated rings. The number of aromatic nitrogens is 2. The topological polar surface area (TPSA) is 186 Å². The Labute approximate surface area is 334 Å². The second-order valence-corrected chi connectivity index (χ2v) is 18.8. The molecular formula is C42H54N6O8S. The molecule has 1 saturated heterocycles. The van der Waals surface area contributed by atoms with Crippen molar-refractivity contribution in [3.05, 3.63) is 54.8 Å². The van der Waals surface area contributed by atoms with Crippen LogP contribution in [0.4, 0.5) is 4.79 Å². The van der Waals surface area contributed by atoms with Crippen molar-refractivity contribution in [2.45, 2.75) is 138 Å². The molecule has 8 rings (SSSR count). The number of fused-ring (bicyclic) bond motifs is 5. The summed E-state index contributed by atoms with van der Waals surface area (Å²) in [6.45, 7) is 3.89. The Hall–Kier alpha value is -4.53. The van der Waals surface area contributed by atoms with Crippen molar-refractivity contribution in [1.29, 1.82) is 0 Å². The van der Waals surface area contributed by atoms with Gasteiger partial charge in [0.25, 0.3) is 5.91 Å². The zero-order chi connectivity index (χ0) is 39.7. The fraction of sp³-hybridized carbons (Fsp3) is 0.619. The van der Waals surface area contributed by atoms with E-state index in [4.69, 9.17) is 19.4 Å². The van der Waals surface area contributed by atoms with Crippen LogP contribution in [0, 0.1) is 17.8 Å². The molecular weight excluding hydrogens is 749 g/mol. The Balaban J connectivity index is 1.14. The lowest BCUT2D eigenvalue weighted by Crippen LogP contribution is -2.65. The third kappa shape index (κ3) is 8.26. The summed E-state index contributed by atoms with van der Waals surface area (Å²) >= 11 is 0. The highest BCUT2D eigenvalue weighted by atomic mass is 32.2. The van der Waals surface area contributed by atoms with Gasteiger partial charge in [-0.25, -0.2) is 23.2 Å². The quantitative estimate of drug-likeness (QED) is 0.330. The van der Waals surface area contributed by atoms with Crippen LogP contribution in [0.2, 0.25) is 0 Å². The van der Waals surface area contributed by atoms with E-state index in [1.165, 1.54) is 11.0 Å². The number of carbonyl (C=O) groups excluding carboxylic acids is 4. The van der Waals surface area contributed by atoms with E-state index in [0.717, 1.165) is 76.1 Å². The second-order valence-electron chi connectivity index (χ2n) is 16.9. The number of aryl methyl sites for hydroxylation is 1. The highest BCUT2D eigenvalue weighted by Crippen LogP contribution is 2.37. The molecule has 0 spiro atoms. The molecule has 2 bridgehead atoms. The summed E-state index contributed by atoms with van der Waals surface area (Å²) in [5, 5.41) is 5.23. The minimum absolute atomic E-state index is 0.00784. The van der Waals surface area contributed by atoms with Gasteiger partial charge in [-0.3, -0.25) is 19.1 Å². The molecule has 4 aliphatic carbocycles. The number of nitrogens with one attached hydrogen (secondary N) is 3. The van der Waals surface area contributed by atoms with E-state index >= 15 is 0 Å². The number of nitrogens with zero attached hydrogens (tertiary/aromatic N) is 3. The lowest BCUT2D eigenvalue weighted by atomic mass is 9.85. The first-order valence-corrected chi connectivity index (χ1v) is 22.5. The van der Waals surface area contributed by atoms with E-state index in [1.54, 1.807) is 12.2 Å². The number of ether oxygens (including phenoxy) is 2. The molecule has 14 nitrogen and oxygen atoms in total. The monoisotopic (exact) mass is 802 g/mol. The molecule has 4 amide bonds. The summed E-state index contributed by atoms with van der Waals surface area (Å²) < 4.78 is 40.9. The third-order valence-electron chi connectivity index (χ3n) is 13.0. The van der Waals surface area contributed by atoms with Gasteiger partial charge < -0.3 is 25.0 Å². The van der Waals surface area contributed by atoms with Gasteiger partial charge in [-0.1, -0.05) is 56.0 Å². The number of alkyl carbamates (subject to hydrolysis) is 1. The standard InChI is InChI=1S/C42H54N6O8S/c1-2-28-16-11-23-42(28,40(51)47-57(53,54)30-21-22-30)46-37(49)34-24-29-25-48(34)39(50)36(27-13-6-7-14-27)45-41(52)56-35-20-10-15-26(35)12-4-3-5-19-33-38(55-29)44-32-18-9-8-17-31(32)43-33/h2,8-9,11,16-18,26-30,34-36H,1,3-7,10,12-15,19-25H2,(H,45,52)(H,46,49)(H,47,51)/t26-,28-,29-,34+,35-,36?,42-/m1/s1. The number of carbonyl (C=O) groups is 4. The van der Waals surface area contributed by atoms with Gasteiger partial charge in [-0.2, -0.15) is 0 Å². The molecule has 306 valence electrons. The lowest BCUT2D eigenvalue weighted by molar-refractivity contribution is -0.143. The van der Waals surface area contributed by atoms with Gasteiger partial charge in [0, 0.05) is 12.3 Å². The van der Waals surface area contributed by atoms with E-state index in [2.05, 4.69) is 21.9 Å². The number of hydrogen-bond acceptors (Lipinski definition) is 10. The highest BCUT2D eigenvalue weighted by molar-refractivity contribution is 7.91. The Morgan fingerprint density at radius 3 is 2.39 bits per heavy atom. The number of rotatable bonds is 7. The first-order valence-electron chi connectivity index (χ1n) is 20.9. The molecule has 57 heavy (non-hydrogen) atoms. The van der Waals surface area contributed by atoms with Crippen LogP contribution in [-0.4, -0.2) is 88.7 Å². The van der Waals surface area contributed by atoms with Gasteiger partial charge in [0.1, 0.15) is 35.5 Å². The molecule has 1 aromatic heterocycles. The average Bonchev–Trinajstić information content (AvgIpc) is 3.52. The Morgan fingerprint density at radius 2 is 1.63 bits per heavy atom. The summed E-state index contributed by atoms with van der Waals surface area (Å²) in [4.78, 5) is 68.6. The molecule has 2 aromatic rings. The van der Waals surface area contributed by atoms with Gasteiger partial charge in [-0.15, -0.1) is 6.58 Å². The van der Waals surface area contributed by atoms with Crippen molar-refractivity contribution in [2.24, 2.45) is 17.8 Å². The van der Waals surface area contributed by atoms with Crippen molar-refractivity contribution in [3.63, 3.8) is 0 Å². The van der Waals surface area contributed by atoms with E-state index < -0.39 is 68.7 Å². The molecule has 15 heteroatoms. The van der Waals surface area contributed by atoms with E-state index in [0.29, 0.717) is 36.4 Å². The van der Waals surface area contributed by atoms with Crippen LogP contribution >= 0.6 is 0 Å². The van der Waals surface area contributed by atoms with Crippen molar-refractivity contribution in [2.75, 3.05) is 6.54 Å². The molecule has 3 heterocycles. The zero-order valence-electron chi connectivity index (χ0n) is 32.4. The zero-order valence-corrected chi connectivity index (χ0v) is 33.2. The van der Waals surface area contributed by atoms with Gasteiger partial charge in [0.05, 0.1) is 22.8 Å². The molecule has 1 aromatic carbocycles. The van der Waals surface area contributed by atoms with Crippen LogP contribution in [0.5, 0.6) is 5.88 Å². The maximum atomic E-state index is 14.9. The average molecular weight is 803 g/mol. The molecule has 2 aliphatic heterocycles. The molecule has 0 radical (unpaired) electrons. The normalized spacial score (nSPS) is 31.3. The van der Waals surface area contributed by atoms with Crippen LogP contribution in [0.15, 0.2) is 49.1 Å². The Bertz CT molecular complexity index is 2030. The molecule has 3 N–H and O–H groups in total. The van der Waals surface area contributed by atoms with Crippen molar-refractivity contribution in [1.82, 2.24) is 30.2 Å². The SMILES string of the molecule is C=C[C@@H]1C=CC[C@]1(NC(=O)[C@@H]1C[C@@H]2CN1C(=O)C(C1CCCC1)NC(=O)O[C@@H]1CCC[C@H]1CCCCCc1nc3ccccc3nc1O2)C(=O)NS(=O)(=O)C1CC1. The van der Waals surface area contributed by atoms with Crippen molar-refractivity contribution < 1.29 is 37.1 Å².